The molecule has 0 aromatic carbocycles. The zero-order chi connectivity index (χ0) is 10.2. The van der Waals surface area contributed by atoms with Crippen molar-refractivity contribution < 1.29 is 26.3 Å². The van der Waals surface area contributed by atoms with Crippen molar-refractivity contribution in [2.75, 3.05) is 0 Å². The van der Waals surface area contributed by atoms with Crippen molar-refractivity contribution in [1.82, 2.24) is 0 Å². The van der Waals surface area contributed by atoms with Gasteiger partial charge in [0.1, 0.15) is 9.30 Å². The quantitative estimate of drug-likeness (QED) is 0.393. The van der Waals surface area contributed by atoms with Crippen molar-refractivity contribution in [2.45, 2.75) is 21.7 Å². The molecule has 2 unspecified atom stereocenters. The highest BCUT2D eigenvalue weighted by atomic mass is 127. The standard InChI is InChI=1S/C4H2ClF6I/c5-1(3(6,7)8)2(12)4(9,10)11/h1-2H. The maximum atomic E-state index is 11.6. The lowest BCUT2D eigenvalue weighted by Gasteiger charge is -2.21. The van der Waals surface area contributed by atoms with Gasteiger partial charge in [0.2, 0.25) is 0 Å². The van der Waals surface area contributed by atoms with Gasteiger partial charge >= 0.3 is 12.4 Å². The molecule has 0 aliphatic heterocycles. The second-order valence-corrected chi connectivity index (χ2v) is 3.70. The Morgan fingerprint density at radius 3 is 1.33 bits per heavy atom. The van der Waals surface area contributed by atoms with E-state index in [9.17, 15) is 26.3 Å². The van der Waals surface area contributed by atoms with E-state index in [-0.39, 0.29) is 0 Å². The molecule has 0 spiro atoms. The van der Waals surface area contributed by atoms with Gasteiger partial charge in [-0.3, -0.25) is 0 Å². The molecule has 2 atom stereocenters. The van der Waals surface area contributed by atoms with E-state index in [4.69, 9.17) is 0 Å². The third kappa shape index (κ3) is 3.55. The van der Waals surface area contributed by atoms with Crippen LogP contribution in [0.5, 0.6) is 0 Å². The van der Waals surface area contributed by atoms with Crippen LogP contribution in [0.2, 0.25) is 0 Å². The molecule has 0 heterocycles. The zero-order valence-corrected chi connectivity index (χ0v) is 8.09. The summed E-state index contributed by atoms with van der Waals surface area (Å²) in [6.07, 6.45) is -9.95. The maximum absolute atomic E-state index is 11.6. The van der Waals surface area contributed by atoms with E-state index in [0.29, 0.717) is 22.6 Å². The van der Waals surface area contributed by atoms with Gasteiger partial charge < -0.3 is 0 Å². The second-order valence-electron chi connectivity index (χ2n) is 1.89. The zero-order valence-electron chi connectivity index (χ0n) is 5.18. The van der Waals surface area contributed by atoms with Crippen LogP contribution in [0.4, 0.5) is 26.3 Å². The summed E-state index contributed by atoms with van der Waals surface area (Å²) in [6.45, 7) is 0. The van der Waals surface area contributed by atoms with Gasteiger partial charge in [0, 0.05) is 0 Å². The number of hydrogen-bond donors (Lipinski definition) is 0. The summed E-state index contributed by atoms with van der Waals surface area (Å²) in [5.74, 6) is 0. The molecule has 0 aliphatic rings. The molecule has 8 heteroatoms. The predicted octanol–water partition coefficient (Wildman–Crippen LogP) is 3.52. The first-order valence-electron chi connectivity index (χ1n) is 2.48. The minimum absolute atomic E-state index is 0.623. The maximum Gasteiger partial charge on any atom is 0.406 e. The van der Waals surface area contributed by atoms with E-state index in [1.807, 2.05) is 0 Å². The van der Waals surface area contributed by atoms with E-state index >= 15 is 0 Å². The highest BCUT2D eigenvalue weighted by Gasteiger charge is 2.53. The minimum atomic E-state index is -5.02. The summed E-state index contributed by atoms with van der Waals surface area (Å²) >= 11 is 5.16. The van der Waals surface area contributed by atoms with Crippen molar-refractivity contribution in [3.63, 3.8) is 0 Å². The molecule has 0 rings (SSSR count). The number of hydrogen-bond acceptors (Lipinski definition) is 0. The van der Waals surface area contributed by atoms with Gasteiger partial charge in [0.15, 0.2) is 0 Å². The monoisotopic (exact) mass is 326 g/mol. The molecular formula is C4H2ClF6I. The highest BCUT2D eigenvalue weighted by molar-refractivity contribution is 14.1. The van der Waals surface area contributed by atoms with Crippen LogP contribution >= 0.6 is 34.2 Å². The van der Waals surface area contributed by atoms with Crippen LogP contribution in [0.25, 0.3) is 0 Å². The smallest absolute Gasteiger partial charge is 0.170 e. The molecule has 12 heavy (non-hydrogen) atoms. The number of halogens is 8. The van der Waals surface area contributed by atoms with Crippen LogP contribution in [0.3, 0.4) is 0 Å². The van der Waals surface area contributed by atoms with E-state index in [0.717, 1.165) is 0 Å². The largest absolute Gasteiger partial charge is 0.406 e. The Labute approximate surface area is 82.4 Å². The topological polar surface area (TPSA) is 0 Å². The molecule has 0 saturated heterocycles. The van der Waals surface area contributed by atoms with Crippen molar-refractivity contribution >= 4 is 34.2 Å². The van der Waals surface area contributed by atoms with Crippen LogP contribution in [-0.2, 0) is 0 Å². The van der Waals surface area contributed by atoms with Crippen LogP contribution in [-0.4, -0.2) is 21.7 Å². The average molecular weight is 326 g/mol. The van der Waals surface area contributed by atoms with Gasteiger partial charge in [-0.05, 0) is 0 Å². The molecular weight excluding hydrogens is 324 g/mol. The Balaban J connectivity index is 4.41. The molecule has 0 saturated carbocycles. The summed E-state index contributed by atoms with van der Waals surface area (Å²) in [6, 6.07) is 0. The molecule has 74 valence electrons. The Morgan fingerprint density at radius 2 is 1.25 bits per heavy atom. The lowest BCUT2D eigenvalue weighted by atomic mass is 10.3. The van der Waals surface area contributed by atoms with Gasteiger partial charge in [0.05, 0.1) is 0 Å². The molecule has 0 radical (unpaired) electrons. The van der Waals surface area contributed by atoms with Crippen LogP contribution < -0.4 is 0 Å². The summed E-state index contributed by atoms with van der Waals surface area (Å²) in [7, 11) is 0. The van der Waals surface area contributed by atoms with Gasteiger partial charge in [-0.1, -0.05) is 22.6 Å². The van der Waals surface area contributed by atoms with E-state index in [1.54, 1.807) is 0 Å². The van der Waals surface area contributed by atoms with Crippen LogP contribution in [0.15, 0.2) is 0 Å². The minimum Gasteiger partial charge on any atom is -0.170 e. The molecule has 0 N–H and O–H groups in total. The fourth-order valence-corrected chi connectivity index (χ4v) is 0.882. The lowest BCUT2D eigenvalue weighted by Crippen LogP contribution is -2.40. The van der Waals surface area contributed by atoms with Crippen molar-refractivity contribution in [2.24, 2.45) is 0 Å². The van der Waals surface area contributed by atoms with E-state index in [1.165, 1.54) is 0 Å². The SMILES string of the molecule is FC(F)(F)C(Cl)C(I)C(F)(F)F. The molecule has 0 aromatic heterocycles. The van der Waals surface area contributed by atoms with Gasteiger partial charge in [-0.2, -0.15) is 26.3 Å². The molecule has 0 amide bonds. The molecule has 0 aromatic rings. The van der Waals surface area contributed by atoms with Crippen LogP contribution in [0, 0.1) is 0 Å². The van der Waals surface area contributed by atoms with Crippen LogP contribution in [0.1, 0.15) is 0 Å². The Hall–Kier alpha value is 0.600. The number of alkyl halides is 8. The summed E-state index contributed by atoms with van der Waals surface area (Å²) in [5.41, 5.74) is 0. The Bertz CT molecular complexity index is 133. The van der Waals surface area contributed by atoms with Crippen molar-refractivity contribution in [3.05, 3.63) is 0 Å². The average Bonchev–Trinajstić information content (AvgIpc) is 1.80. The Morgan fingerprint density at radius 1 is 0.917 bits per heavy atom. The molecule has 0 nitrogen and oxygen atoms in total. The summed E-state index contributed by atoms with van der Waals surface area (Å²) in [5, 5.41) is -2.89. The van der Waals surface area contributed by atoms with Gasteiger partial charge in [-0.15, -0.1) is 11.6 Å². The first-order chi connectivity index (χ1) is 5.07. The fraction of sp³-hybridized carbons (Fsp3) is 1.00. The van der Waals surface area contributed by atoms with E-state index < -0.39 is 21.7 Å². The second kappa shape index (κ2) is 3.77. The van der Waals surface area contributed by atoms with Crippen molar-refractivity contribution in [1.29, 1.82) is 0 Å². The van der Waals surface area contributed by atoms with Gasteiger partial charge in [0.25, 0.3) is 0 Å². The molecule has 0 fully saturated rings. The molecule has 0 aliphatic carbocycles. The first kappa shape index (κ1) is 12.6. The highest BCUT2D eigenvalue weighted by Crippen LogP contribution is 2.39. The Kier molecular flexibility index (Phi) is 3.96. The summed E-state index contributed by atoms with van der Waals surface area (Å²) < 4.78 is 67.1. The van der Waals surface area contributed by atoms with E-state index in [2.05, 4.69) is 11.6 Å². The third-order valence-electron chi connectivity index (χ3n) is 0.882. The fourth-order valence-electron chi connectivity index (χ4n) is 0.332. The lowest BCUT2D eigenvalue weighted by molar-refractivity contribution is -0.171. The van der Waals surface area contributed by atoms with Gasteiger partial charge in [-0.25, -0.2) is 0 Å². The number of rotatable bonds is 1. The normalized spacial score (nSPS) is 19.0. The molecule has 0 bridgehead atoms. The first-order valence-corrected chi connectivity index (χ1v) is 4.16. The predicted molar refractivity (Wildman–Crippen MR) is 39.6 cm³/mol. The summed E-state index contributed by atoms with van der Waals surface area (Å²) in [4.78, 5) is 0. The third-order valence-corrected chi connectivity index (χ3v) is 3.23. The van der Waals surface area contributed by atoms with Crippen molar-refractivity contribution in [3.8, 4) is 0 Å².